The number of ether oxygens (including phenoxy) is 1. The summed E-state index contributed by atoms with van der Waals surface area (Å²) in [6.07, 6.45) is 0.901. The Morgan fingerprint density at radius 1 is 1.57 bits per heavy atom. The van der Waals surface area contributed by atoms with Gasteiger partial charge in [0.05, 0.1) is 6.10 Å². The minimum Gasteiger partial charge on any atom is -0.445 e. The Labute approximate surface area is 86.1 Å². The van der Waals surface area contributed by atoms with E-state index >= 15 is 0 Å². The summed E-state index contributed by atoms with van der Waals surface area (Å²) in [7, 11) is 0. The predicted octanol–water partition coefficient (Wildman–Crippen LogP) is 2.84. The van der Waals surface area contributed by atoms with E-state index in [1.165, 1.54) is 11.8 Å². The van der Waals surface area contributed by atoms with Crippen molar-refractivity contribution in [1.29, 1.82) is 0 Å². The van der Waals surface area contributed by atoms with Gasteiger partial charge in [0.15, 0.2) is 0 Å². The second-order valence-electron chi connectivity index (χ2n) is 3.45. The first kappa shape index (κ1) is 12.0. The van der Waals surface area contributed by atoms with Gasteiger partial charge in [-0.25, -0.2) is 0 Å². The lowest BCUT2D eigenvalue weighted by Crippen LogP contribution is -2.22. The lowest BCUT2D eigenvalue weighted by molar-refractivity contribution is 0.127. The van der Waals surface area contributed by atoms with E-state index in [0.717, 1.165) is 6.42 Å². The molecule has 1 aliphatic heterocycles. The van der Waals surface area contributed by atoms with Crippen molar-refractivity contribution < 1.29 is 17.7 Å². The van der Waals surface area contributed by atoms with Crippen LogP contribution in [0.5, 0.6) is 0 Å². The van der Waals surface area contributed by atoms with Gasteiger partial charge in [-0.05, 0) is 19.1 Å². The van der Waals surface area contributed by atoms with Crippen LogP contribution in [0, 0.1) is 0 Å². The van der Waals surface area contributed by atoms with Crippen molar-refractivity contribution in [2.45, 2.75) is 24.7 Å². The molecule has 1 nitrogen and oxygen atoms in total. The van der Waals surface area contributed by atoms with Gasteiger partial charge in [0.2, 0.25) is 0 Å². The molecule has 1 saturated heterocycles. The minimum atomic E-state index is -4.86. The van der Waals surface area contributed by atoms with Crippen LogP contribution >= 0.6 is 11.8 Å². The van der Waals surface area contributed by atoms with Crippen molar-refractivity contribution in [2.24, 2.45) is 0 Å². The quantitative estimate of drug-likeness (QED) is 0.680. The molecule has 0 N–H and O–H groups in total. The molecule has 0 aromatic carbocycles. The molecule has 1 fully saturated rings. The standard InChI is InChI=1S/C8H13BF3OS/c1-6(9(10,11)12)5-14-8-3-4-13-7(8)2/h7-8H,1,3-5H2,2H3/q-1. The van der Waals surface area contributed by atoms with Gasteiger partial charge < -0.3 is 17.7 Å². The largest absolute Gasteiger partial charge is 0.505 e. The summed E-state index contributed by atoms with van der Waals surface area (Å²) in [5.41, 5.74) is -0.603. The van der Waals surface area contributed by atoms with Gasteiger partial charge in [-0.2, -0.15) is 11.8 Å². The Balaban J connectivity index is 2.30. The van der Waals surface area contributed by atoms with Crippen molar-refractivity contribution in [1.82, 2.24) is 0 Å². The van der Waals surface area contributed by atoms with Crippen molar-refractivity contribution in [3.05, 3.63) is 12.1 Å². The van der Waals surface area contributed by atoms with Crippen LogP contribution in [0.3, 0.4) is 0 Å². The Bertz CT molecular complexity index is 219. The van der Waals surface area contributed by atoms with Crippen LogP contribution in [-0.2, 0) is 4.74 Å². The molecule has 1 aliphatic rings. The highest BCUT2D eigenvalue weighted by Crippen LogP contribution is 2.30. The number of hydrogen-bond donors (Lipinski definition) is 0. The Morgan fingerprint density at radius 3 is 2.64 bits per heavy atom. The molecule has 6 heteroatoms. The highest BCUT2D eigenvalue weighted by atomic mass is 32.2. The molecule has 0 bridgehead atoms. The van der Waals surface area contributed by atoms with E-state index in [1.54, 1.807) is 0 Å². The lowest BCUT2D eigenvalue weighted by Gasteiger charge is -2.20. The topological polar surface area (TPSA) is 9.23 Å². The molecular weight excluding hydrogens is 212 g/mol. The molecule has 0 saturated carbocycles. The molecule has 0 amide bonds. The third kappa shape index (κ3) is 3.24. The molecule has 0 aliphatic carbocycles. The van der Waals surface area contributed by atoms with E-state index in [0.29, 0.717) is 6.61 Å². The average molecular weight is 225 g/mol. The zero-order valence-corrected chi connectivity index (χ0v) is 8.83. The fourth-order valence-electron chi connectivity index (χ4n) is 1.24. The number of halogens is 3. The van der Waals surface area contributed by atoms with Crippen LogP contribution in [0.2, 0.25) is 0 Å². The Morgan fingerprint density at radius 2 is 2.21 bits per heavy atom. The van der Waals surface area contributed by atoms with Crippen LogP contribution in [0.25, 0.3) is 0 Å². The fourth-order valence-corrected chi connectivity index (χ4v) is 2.47. The van der Waals surface area contributed by atoms with Crippen molar-refractivity contribution in [3.8, 4) is 0 Å². The molecule has 82 valence electrons. The van der Waals surface area contributed by atoms with Gasteiger partial charge in [-0.15, -0.1) is 12.1 Å². The smallest absolute Gasteiger partial charge is 0.445 e. The Hall–Kier alpha value is -0.0951. The second-order valence-corrected chi connectivity index (χ2v) is 4.67. The molecule has 2 unspecified atom stereocenters. The zero-order chi connectivity index (χ0) is 10.8. The molecular formula is C8H13BF3OS-. The van der Waals surface area contributed by atoms with Crippen molar-refractivity contribution in [3.63, 3.8) is 0 Å². The maximum atomic E-state index is 12.1. The molecule has 0 spiro atoms. The van der Waals surface area contributed by atoms with E-state index in [4.69, 9.17) is 4.74 Å². The van der Waals surface area contributed by atoms with Crippen molar-refractivity contribution >= 4 is 18.7 Å². The van der Waals surface area contributed by atoms with Crippen LogP contribution in [0.1, 0.15) is 13.3 Å². The SMILES string of the molecule is C=C(CSC1CCOC1C)[B-](F)(F)F. The first-order chi connectivity index (χ1) is 6.41. The first-order valence-electron chi connectivity index (χ1n) is 4.52. The van der Waals surface area contributed by atoms with Crippen LogP contribution < -0.4 is 0 Å². The van der Waals surface area contributed by atoms with E-state index < -0.39 is 12.4 Å². The summed E-state index contributed by atoms with van der Waals surface area (Å²) in [5.74, 6) is -0.0259. The summed E-state index contributed by atoms with van der Waals surface area (Å²) < 4.78 is 41.7. The number of hydrogen-bond acceptors (Lipinski definition) is 2. The third-order valence-corrected chi connectivity index (χ3v) is 3.84. The molecule has 1 heterocycles. The van der Waals surface area contributed by atoms with Crippen LogP contribution in [-0.4, -0.2) is 30.7 Å². The summed E-state index contributed by atoms with van der Waals surface area (Å²) >= 11 is 1.30. The number of rotatable bonds is 4. The van der Waals surface area contributed by atoms with Crippen molar-refractivity contribution in [2.75, 3.05) is 12.4 Å². The van der Waals surface area contributed by atoms with E-state index in [-0.39, 0.29) is 17.1 Å². The number of thioether (sulfide) groups is 1. The minimum absolute atomic E-state index is 0.0259. The monoisotopic (exact) mass is 225 g/mol. The summed E-state index contributed by atoms with van der Waals surface area (Å²) in [5, 5.41) is 0.185. The van der Waals surface area contributed by atoms with Gasteiger partial charge in [-0.3, -0.25) is 0 Å². The van der Waals surface area contributed by atoms with E-state index in [2.05, 4.69) is 6.58 Å². The molecule has 14 heavy (non-hydrogen) atoms. The summed E-state index contributed by atoms with van der Waals surface area (Å²) in [6, 6.07) is 0. The zero-order valence-electron chi connectivity index (χ0n) is 8.01. The van der Waals surface area contributed by atoms with Gasteiger partial charge in [0.1, 0.15) is 0 Å². The summed E-state index contributed by atoms with van der Waals surface area (Å²) in [4.78, 5) is 0. The maximum absolute atomic E-state index is 12.1. The second kappa shape index (κ2) is 4.62. The molecule has 0 aromatic rings. The van der Waals surface area contributed by atoms with Gasteiger partial charge in [-0.1, -0.05) is 0 Å². The first-order valence-corrected chi connectivity index (χ1v) is 5.57. The van der Waals surface area contributed by atoms with E-state index in [9.17, 15) is 12.9 Å². The summed E-state index contributed by atoms with van der Waals surface area (Å²) in [6.45, 7) is 0.739. The average Bonchev–Trinajstić information content (AvgIpc) is 2.45. The van der Waals surface area contributed by atoms with Gasteiger partial charge in [0, 0.05) is 11.9 Å². The predicted molar refractivity (Wildman–Crippen MR) is 54.5 cm³/mol. The molecule has 1 rings (SSSR count). The highest BCUT2D eigenvalue weighted by Gasteiger charge is 2.29. The third-order valence-electron chi connectivity index (χ3n) is 2.25. The van der Waals surface area contributed by atoms with Gasteiger partial charge >= 0.3 is 6.98 Å². The molecule has 0 radical (unpaired) electrons. The molecule has 2 atom stereocenters. The molecule has 0 aromatic heterocycles. The Kier molecular flexibility index (Phi) is 3.95. The van der Waals surface area contributed by atoms with Gasteiger partial charge in [0.25, 0.3) is 0 Å². The van der Waals surface area contributed by atoms with Crippen LogP contribution in [0.4, 0.5) is 12.9 Å². The highest BCUT2D eigenvalue weighted by molar-refractivity contribution is 8.00. The fraction of sp³-hybridized carbons (Fsp3) is 0.750. The normalized spacial score (nSPS) is 28.0. The van der Waals surface area contributed by atoms with E-state index in [1.807, 2.05) is 6.92 Å². The maximum Gasteiger partial charge on any atom is 0.505 e. The van der Waals surface area contributed by atoms with Crippen LogP contribution in [0.15, 0.2) is 12.1 Å². The lowest BCUT2D eigenvalue weighted by atomic mass is 9.82.